The van der Waals surface area contributed by atoms with E-state index < -0.39 is 10.0 Å². The SMILES string of the molecule is COCCS(=O)(=O)N1CCN(c2cnn(-c3cccc(Cl)c3)c(=O)c2OC2CCCC2)CC1. The van der Waals surface area contributed by atoms with Gasteiger partial charge in [0.2, 0.25) is 15.8 Å². The van der Waals surface area contributed by atoms with Crippen molar-refractivity contribution < 1.29 is 17.9 Å². The van der Waals surface area contributed by atoms with E-state index in [4.69, 9.17) is 21.1 Å². The van der Waals surface area contributed by atoms with Gasteiger partial charge in [-0.05, 0) is 43.9 Å². The summed E-state index contributed by atoms with van der Waals surface area (Å²) in [4.78, 5) is 15.4. The predicted molar refractivity (Wildman–Crippen MR) is 127 cm³/mol. The van der Waals surface area contributed by atoms with Crippen molar-refractivity contribution in [1.82, 2.24) is 14.1 Å². The number of aromatic nitrogens is 2. The summed E-state index contributed by atoms with van der Waals surface area (Å²) >= 11 is 6.12. The minimum Gasteiger partial charge on any atom is -0.483 e. The van der Waals surface area contributed by atoms with Crippen molar-refractivity contribution in [2.75, 3.05) is 50.5 Å². The lowest BCUT2D eigenvalue weighted by atomic mass is 10.2. The highest BCUT2D eigenvalue weighted by molar-refractivity contribution is 7.89. The second kappa shape index (κ2) is 10.4. The molecule has 1 aromatic heterocycles. The first kappa shape index (κ1) is 24.0. The van der Waals surface area contributed by atoms with Crippen LogP contribution >= 0.6 is 11.6 Å². The van der Waals surface area contributed by atoms with Crippen LogP contribution in [-0.2, 0) is 14.8 Å². The summed E-state index contributed by atoms with van der Waals surface area (Å²) in [6, 6.07) is 6.95. The fourth-order valence-corrected chi connectivity index (χ4v) is 5.79. The van der Waals surface area contributed by atoms with E-state index >= 15 is 0 Å². The van der Waals surface area contributed by atoms with Crippen LogP contribution in [0.15, 0.2) is 35.3 Å². The molecule has 2 aromatic rings. The Morgan fingerprint density at radius 3 is 2.55 bits per heavy atom. The van der Waals surface area contributed by atoms with Gasteiger partial charge in [0.15, 0.2) is 0 Å². The lowest BCUT2D eigenvalue weighted by molar-refractivity contribution is 0.205. The summed E-state index contributed by atoms with van der Waals surface area (Å²) in [5.41, 5.74) is 0.806. The Morgan fingerprint density at radius 2 is 1.88 bits per heavy atom. The van der Waals surface area contributed by atoms with Crippen LogP contribution in [0, 0.1) is 0 Å². The molecule has 0 atom stereocenters. The molecule has 11 heteroatoms. The molecule has 1 aliphatic heterocycles. The monoisotopic (exact) mass is 496 g/mol. The number of methoxy groups -OCH3 is 1. The lowest BCUT2D eigenvalue weighted by Crippen LogP contribution is -2.50. The molecule has 0 bridgehead atoms. The Kier molecular flexibility index (Phi) is 7.58. The summed E-state index contributed by atoms with van der Waals surface area (Å²) in [5.74, 6) is 0.212. The summed E-state index contributed by atoms with van der Waals surface area (Å²) < 4.78 is 38.9. The van der Waals surface area contributed by atoms with Crippen LogP contribution in [-0.4, -0.2) is 74.3 Å². The molecular formula is C22H29ClN4O5S. The average molecular weight is 497 g/mol. The van der Waals surface area contributed by atoms with Gasteiger partial charge in [0, 0.05) is 38.3 Å². The van der Waals surface area contributed by atoms with Gasteiger partial charge in [-0.2, -0.15) is 14.1 Å². The second-order valence-corrected chi connectivity index (χ2v) is 10.8. The molecule has 4 rings (SSSR count). The van der Waals surface area contributed by atoms with E-state index in [-0.39, 0.29) is 29.8 Å². The lowest BCUT2D eigenvalue weighted by Gasteiger charge is -2.36. The van der Waals surface area contributed by atoms with E-state index in [0.29, 0.717) is 42.6 Å². The Labute approximate surface area is 198 Å². The third-order valence-corrected chi connectivity index (χ3v) is 8.14. The van der Waals surface area contributed by atoms with Crippen molar-refractivity contribution in [3.05, 3.63) is 45.8 Å². The average Bonchev–Trinajstić information content (AvgIpc) is 3.32. The first-order chi connectivity index (χ1) is 15.9. The molecule has 33 heavy (non-hydrogen) atoms. The zero-order chi connectivity index (χ0) is 23.4. The Bertz CT molecular complexity index is 1130. The maximum absolute atomic E-state index is 13.5. The standard InChI is InChI=1S/C22H29ClN4O5S/c1-31-13-14-33(29,30)26-11-9-25(10-12-26)20-16-24-27(18-6-4-5-17(23)15-18)22(28)21(20)32-19-7-2-3-8-19/h4-6,15-16,19H,2-3,7-14H2,1H3. The minimum absolute atomic E-state index is 0.0117. The number of halogens is 1. The van der Waals surface area contributed by atoms with Gasteiger partial charge >= 0.3 is 5.56 Å². The summed E-state index contributed by atoms with van der Waals surface area (Å²) in [6.45, 7) is 1.69. The number of ether oxygens (including phenoxy) is 2. The zero-order valence-electron chi connectivity index (χ0n) is 18.7. The highest BCUT2D eigenvalue weighted by Crippen LogP contribution is 2.30. The molecule has 1 saturated heterocycles. The highest BCUT2D eigenvalue weighted by atomic mass is 35.5. The molecule has 0 spiro atoms. The van der Waals surface area contributed by atoms with Gasteiger partial charge in [-0.1, -0.05) is 17.7 Å². The van der Waals surface area contributed by atoms with E-state index in [0.717, 1.165) is 25.7 Å². The van der Waals surface area contributed by atoms with Crippen molar-refractivity contribution in [1.29, 1.82) is 0 Å². The predicted octanol–water partition coefficient (Wildman–Crippen LogP) is 2.31. The van der Waals surface area contributed by atoms with Gasteiger partial charge in [-0.3, -0.25) is 4.79 Å². The quantitative estimate of drug-likeness (QED) is 0.553. The van der Waals surface area contributed by atoms with Gasteiger partial charge < -0.3 is 14.4 Å². The smallest absolute Gasteiger partial charge is 0.316 e. The van der Waals surface area contributed by atoms with Crippen LogP contribution < -0.4 is 15.2 Å². The van der Waals surface area contributed by atoms with Crippen molar-refractivity contribution in [3.8, 4) is 11.4 Å². The molecule has 1 aromatic carbocycles. The fraction of sp³-hybridized carbons (Fsp3) is 0.545. The van der Waals surface area contributed by atoms with Crippen LogP contribution in [0.4, 0.5) is 5.69 Å². The maximum Gasteiger partial charge on any atom is 0.316 e. The number of anilines is 1. The maximum atomic E-state index is 13.5. The highest BCUT2D eigenvalue weighted by Gasteiger charge is 2.30. The molecule has 0 N–H and O–H groups in total. The number of rotatable bonds is 8. The van der Waals surface area contributed by atoms with E-state index in [1.165, 1.54) is 16.1 Å². The number of piperazine rings is 1. The summed E-state index contributed by atoms with van der Waals surface area (Å²) in [6.07, 6.45) is 5.58. The molecular weight excluding hydrogens is 468 g/mol. The Morgan fingerprint density at radius 1 is 1.15 bits per heavy atom. The topological polar surface area (TPSA) is 94.0 Å². The van der Waals surface area contributed by atoms with Crippen molar-refractivity contribution in [2.45, 2.75) is 31.8 Å². The third kappa shape index (κ3) is 5.51. The van der Waals surface area contributed by atoms with E-state index in [2.05, 4.69) is 5.10 Å². The number of hydrogen-bond donors (Lipinski definition) is 0. The number of hydrogen-bond acceptors (Lipinski definition) is 7. The van der Waals surface area contributed by atoms with Gasteiger partial charge in [-0.15, -0.1) is 0 Å². The molecule has 0 amide bonds. The van der Waals surface area contributed by atoms with Crippen molar-refractivity contribution in [3.63, 3.8) is 0 Å². The largest absolute Gasteiger partial charge is 0.483 e. The molecule has 2 fully saturated rings. The van der Waals surface area contributed by atoms with Crippen LogP contribution in [0.2, 0.25) is 5.02 Å². The Balaban J connectivity index is 1.61. The van der Waals surface area contributed by atoms with Crippen LogP contribution in [0.25, 0.3) is 5.69 Å². The molecule has 0 radical (unpaired) electrons. The first-order valence-corrected chi connectivity index (χ1v) is 13.1. The van der Waals surface area contributed by atoms with Gasteiger partial charge in [0.1, 0.15) is 5.69 Å². The summed E-state index contributed by atoms with van der Waals surface area (Å²) in [5, 5.41) is 4.89. The van der Waals surface area contributed by atoms with Crippen LogP contribution in [0.3, 0.4) is 0 Å². The fourth-order valence-electron chi connectivity index (χ4n) is 4.25. The van der Waals surface area contributed by atoms with E-state index in [1.807, 2.05) is 4.90 Å². The molecule has 2 heterocycles. The third-order valence-electron chi connectivity index (χ3n) is 6.07. The van der Waals surface area contributed by atoms with Gasteiger partial charge in [0.05, 0.1) is 30.3 Å². The van der Waals surface area contributed by atoms with E-state index in [9.17, 15) is 13.2 Å². The first-order valence-electron chi connectivity index (χ1n) is 11.2. The molecule has 9 nitrogen and oxygen atoms in total. The summed E-state index contributed by atoms with van der Waals surface area (Å²) in [7, 11) is -1.89. The normalized spacial score (nSPS) is 18.1. The minimum atomic E-state index is -3.38. The second-order valence-electron chi connectivity index (χ2n) is 8.27. The van der Waals surface area contributed by atoms with Crippen LogP contribution in [0.1, 0.15) is 25.7 Å². The van der Waals surface area contributed by atoms with E-state index in [1.54, 1.807) is 30.5 Å². The molecule has 1 aliphatic carbocycles. The van der Waals surface area contributed by atoms with Gasteiger partial charge in [-0.25, -0.2) is 8.42 Å². The number of benzene rings is 1. The molecule has 180 valence electrons. The van der Waals surface area contributed by atoms with Crippen LogP contribution in [0.5, 0.6) is 5.75 Å². The zero-order valence-corrected chi connectivity index (χ0v) is 20.2. The van der Waals surface area contributed by atoms with Crippen molar-refractivity contribution in [2.24, 2.45) is 0 Å². The van der Waals surface area contributed by atoms with Gasteiger partial charge in [0.25, 0.3) is 0 Å². The molecule has 1 saturated carbocycles. The van der Waals surface area contributed by atoms with Crippen molar-refractivity contribution >= 4 is 27.3 Å². The molecule has 2 aliphatic rings. The molecule has 0 unspecified atom stereocenters. The Hall–Kier alpha value is -2.14. The number of sulfonamides is 1. The number of nitrogens with zero attached hydrogens (tertiary/aromatic N) is 4.